The zero-order valence-electron chi connectivity index (χ0n) is 34.2. The van der Waals surface area contributed by atoms with Crippen molar-refractivity contribution in [2.24, 2.45) is 0 Å². The van der Waals surface area contributed by atoms with E-state index in [2.05, 4.69) is 238 Å². The fourth-order valence-corrected chi connectivity index (χ4v) is 9.25. The molecule has 0 spiro atoms. The second-order valence-corrected chi connectivity index (χ2v) is 17.9. The summed E-state index contributed by atoms with van der Waals surface area (Å²) in [5, 5.41) is 2.48. The van der Waals surface area contributed by atoms with Crippen LogP contribution in [-0.2, 0) is 10.8 Å². The van der Waals surface area contributed by atoms with Crippen LogP contribution in [0.4, 0.5) is 51.2 Å². The standard InChI is InChI=1S/C54H48BN3/c1-53(2,3)37-20-18-27-42(34-37)58-47-31-19-30-46-52(47)55(45-33-32-38(35-49(45)58)54(4,5)6)51-44-29-17-16-28-43(44)48(36-50(51)57(46)41-25-14-9-15-26-41)56(39-21-10-7-11-22-39)40-23-12-8-13-24-40/h7-36H,1-6H3. The van der Waals surface area contributed by atoms with E-state index in [0.717, 1.165) is 22.7 Å². The third-order valence-corrected chi connectivity index (χ3v) is 12.1. The molecular weight excluding hydrogens is 701 g/mol. The first-order valence-corrected chi connectivity index (χ1v) is 20.6. The minimum absolute atomic E-state index is 0.00641. The van der Waals surface area contributed by atoms with Gasteiger partial charge in [0, 0.05) is 50.9 Å². The number of fused-ring (bicyclic) bond motifs is 6. The maximum atomic E-state index is 2.55. The fraction of sp³-hybridized carbons (Fsp3) is 0.148. The van der Waals surface area contributed by atoms with E-state index >= 15 is 0 Å². The fourth-order valence-electron chi connectivity index (χ4n) is 9.25. The van der Waals surface area contributed by atoms with Gasteiger partial charge in [-0.15, -0.1) is 0 Å². The maximum Gasteiger partial charge on any atom is 0.252 e. The number of nitrogens with zero attached hydrogens (tertiary/aromatic N) is 3. The molecule has 0 saturated heterocycles. The number of hydrogen-bond acceptors (Lipinski definition) is 3. The molecule has 4 heteroatoms. The van der Waals surface area contributed by atoms with Crippen LogP contribution in [0, 0.1) is 0 Å². The molecule has 8 aromatic rings. The Morgan fingerprint density at radius 1 is 0.397 bits per heavy atom. The minimum Gasteiger partial charge on any atom is -0.311 e. The summed E-state index contributed by atoms with van der Waals surface area (Å²) in [5.74, 6) is 0. The van der Waals surface area contributed by atoms with E-state index in [0.29, 0.717) is 0 Å². The number of hydrogen-bond donors (Lipinski definition) is 0. The van der Waals surface area contributed by atoms with Crippen molar-refractivity contribution >= 4 is 85.1 Å². The predicted molar refractivity (Wildman–Crippen MR) is 250 cm³/mol. The van der Waals surface area contributed by atoms with Crippen LogP contribution >= 0.6 is 0 Å². The van der Waals surface area contributed by atoms with Gasteiger partial charge in [-0.2, -0.15) is 0 Å². The van der Waals surface area contributed by atoms with Gasteiger partial charge < -0.3 is 14.7 Å². The van der Waals surface area contributed by atoms with Crippen molar-refractivity contribution in [3.05, 3.63) is 193 Å². The van der Waals surface area contributed by atoms with E-state index in [1.165, 1.54) is 66.7 Å². The quantitative estimate of drug-likeness (QED) is 0.162. The van der Waals surface area contributed by atoms with Crippen LogP contribution in [0.25, 0.3) is 10.8 Å². The smallest absolute Gasteiger partial charge is 0.252 e. The third-order valence-electron chi connectivity index (χ3n) is 12.1. The first kappa shape index (κ1) is 35.9. The first-order chi connectivity index (χ1) is 28.1. The highest BCUT2D eigenvalue weighted by atomic mass is 15.2. The zero-order chi connectivity index (χ0) is 39.8. The van der Waals surface area contributed by atoms with E-state index < -0.39 is 0 Å². The predicted octanol–water partition coefficient (Wildman–Crippen LogP) is 13.0. The number of benzene rings is 8. The molecule has 0 saturated carbocycles. The topological polar surface area (TPSA) is 9.72 Å². The van der Waals surface area contributed by atoms with Crippen LogP contribution in [-0.4, -0.2) is 6.71 Å². The summed E-state index contributed by atoms with van der Waals surface area (Å²) in [7, 11) is 0. The number of anilines is 9. The van der Waals surface area contributed by atoms with Crippen LogP contribution in [0.15, 0.2) is 182 Å². The Hall–Kier alpha value is -6.52. The van der Waals surface area contributed by atoms with Gasteiger partial charge in [-0.25, -0.2) is 0 Å². The lowest BCUT2D eigenvalue weighted by molar-refractivity contribution is 0.590. The second-order valence-electron chi connectivity index (χ2n) is 17.9. The molecule has 0 N–H and O–H groups in total. The third kappa shape index (κ3) is 5.81. The van der Waals surface area contributed by atoms with Gasteiger partial charge in [0.2, 0.25) is 0 Å². The molecule has 0 atom stereocenters. The Morgan fingerprint density at radius 2 is 0.914 bits per heavy atom. The summed E-state index contributed by atoms with van der Waals surface area (Å²) in [6.45, 7) is 13.9. The van der Waals surface area contributed by atoms with E-state index in [1.54, 1.807) is 0 Å². The highest BCUT2D eigenvalue weighted by molar-refractivity contribution is 7.01. The normalized spacial score (nSPS) is 13.2. The lowest BCUT2D eigenvalue weighted by Gasteiger charge is -2.45. The molecule has 0 aliphatic carbocycles. The summed E-state index contributed by atoms with van der Waals surface area (Å²) < 4.78 is 0. The molecule has 8 aromatic carbocycles. The van der Waals surface area contributed by atoms with Crippen molar-refractivity contribution in [2.75, 3.05) is 14.7 Å². The Balaban J connectivity index is 1.33. The molecule has 2 heterocycles. The SMILES string of the molecule is CC(C)(C)c1cccc(N2c3cc(C(C)(C)C)ccc3B3c4c2cccc4N(c2ccccc2)c2cc(N(c4ccccc4)c4ccccc4)c4ccccc4c23)c1. The molecule has 0 aromatic heterocycles. The Labute approximate surface area is 343 Å². The first-order valence-electron chi connectivity index (χ1n) is 20.6. The average molecular weight is 750 g/mol. The summed E-state index contributed by atoms with van der Waals surface area (Å²) in [4.78, 5) is 7.49. The average Bonchev–Trinajstić information content (AvgIpc) is 3.24. The van der Waals surface area contributed by atoms with Gasteiger partial charge in [0.15, 0.2) is 0 Å². The Bertz CT molecular complexity index is 2780. The Morgan fingerprint density at radius 3 is 1.53 bits per heavy atom. The molecule has 0 bridgehead atoms. The van der Waals surface area contributed by atoms with E-state index in [9.17, 15) is 0 Å². The van der Waals surface area contributed by atoms with Gasteiger partial charge in [0.05, 0.1) is 5.69 Å². The van der Waals surface area contributed by atoms with Gasteiger partial charge in [0.1, 0.15) is 0 Å². The summed E-state index contributed by atoms with van der Waals surface area (Å²) in [6.07, 6.45) is 0. The molecule has 0 radical (unpaired) electrons. The highest BCUT2D eigenvalue weighted by Gasteiger charge is 2.45. The lowest BCUT2D eigenvalue weighted by Crippen LogP contribution is -2.61. The van der Waals surface area contributed by atoms with Crippen LogP contribution in [0.3, 0.4) is 0 Å². The van der Waals surface area contributed by atoms with Gasteiger partial charge in [0.25, 0.3) is 6.71 Å². The summed E-state index contributed by atoms with van der Waals surface area (Å²) in [6, 6.07) is 67.5. The summed E-state index contributed by atoms with van der Waals surface area (Å²) >= 11 is 0. The monoisotopic (exact) mass is 749 g/mol. The highest BCUT2D eigenvalue weighted by Crippen LogP contribution is 2.48. The molecule has 58 heavy (non-hydrogen) atoms. The van der Waals surface area contributed by atoms with Gasteiger partial charge in [-0.3, -0.25) is 0 Å². The lowest BCUT2D eigenvalue weighted by atomic mass is 9.33. The van der Waals surface area contributed by atoms with Crippen molar-refractivity contribution in [3.8, 4) is 0 Å². The molecule has 2 aliphatic rings. The second kappa shape index (κ2) is 13.6. The van der Waals surface area contributed by atoms with Crippen molar-refractivity contribution in [1.82, 2.24) is 0 Å². The number of para-hydroxylation sites is 3. The van der Waals surface area contributed by atoms with E-state index in [4.69, 9.17) is 0 Å². The number of rotatable bonds is 5. The summed E-state index contributed by atoms with van der Waals surface area (Å²) in [5.41, 5.74) is 17.2. The molecule has 2 aliphatic heterocycles. The van der Waals surface area contributed by atoms with Gasteiger partial charge in [-0.05, 0) is 117 Å². The van der Waals surface area contributed by atoms with E-state index in [1.807, 2.05) is 0 Å². The van der Waals surface area contributed by atoms with Gasteiger partial charge >= 0.3 is 0 Å². The largest absolute Gasteiger partial charge is 0.311 e. The molecule has 0 amide bonds. The van der Waals surface area contributed by atoms with Crippen LogP contribution < -0.4 is 31.1 Å². The molecule has 0 fully saturated rings. The van der Waals surface area contributed by atoms with Crippen LogP contribution in [0.1, 0.15) is 52.7 Å². The molecular formula is C54H48BN3. The van der Waals surface area contributed by atoms with Crippen molar-refractivity contribution in [1.29, 1.82) is 0 Å². The van der Waals surface area contributed by atoms with Crippen LogP contribution in [0.2, 0.25) is 0 Å². The molecule has 282 valence electrons. The van der Waals surface area contributed by atoms with E-state index in [-0.39, 0.29) is 17.5 Å². The van der Waals surface area contributed by atoms with Crippen molar-refractivity contribution in [2.45, 2.75) is 52.4 Å². The van der Waals surface area contributed by atoms with Crippen molar-refractivity contribution in [3.63, 3.8) is 0 Å². The minimum atomic E-state index is -0.0232. The maximum absolute atomic E-state index is 2.55. The molecule has 10 rings (SSSR count). The van der Waals surface area contributed by atoms with Gasteiger partial charge in [-0.1, -0.05) is 151 Å². The molecule has 0 unspecified atom stereocenters. The van der Waals surface area contributed by atoms with Crippen LogP contribution in [0.5, 0.6) is 0 Å². The Kier molecular flexibility index (Phi) is 8.39. The molecule has 3 nitrogen and oxygen atoms in total. The van der Waals surface area contributed by atoms with Crippen molar-refractivity contribution < 1.29 is 0 Å². The zero-order valence-corrected chi connectivity index (χ0v) is 34.2.